The maximum Gasteiger partial charge on any atom is 0.191 e. The summed E-state index contributed by atoms with van der Waals surface area (Å²) in [6.07, 6.45) is 2.37. The van der Waals surface area contributed by atoms with Gasteiger partial charge in [-0.25, -0.2) is 4.99 Å². The molecule has 1 heterocycles. The van der Waals surface area contributed by atoms with Crippen molar-refractivity contribution in [1.82, 2.24) is 15.8 Å². The van der Waals surface area contributed by atoms with Gasteiger partial charge in [0.25, 0.3) is 0 Å². The molecule has 0 aliphatic heterocycles. The van der Waals surface area contributed by atoms with E-state index in [4.69, 9.17) is 20.9 Å². The second kappa shape index (κ2) is 12.0. The molecular weight excluding hydrogens is 455 g/mol. The van der Waals surface area contributed by atoms with Crippen molar-refractivity contribution in [3.63, 3.8) is 0 Å². The van der Waals surface area contributed by atoms with E-state index in [2.05, 4.69) is 27.7 Å². The van der Waals surface area contributed by atoms with Gasteiger partial charge in [-0.05, 0) is 25.5 Å². The van der Waals surface area contributed by atoms with E-state index in [0.29, 0.717) is 29.8 Å². The van der Waals surface area contributed by atoms with Crippen LogP contribution >= 0.6 is 35.6 Å². The van der Waals surface area contributed by atoms with Gasteiger partial charge in [0.15, 0.2) is 5.96 Å². The molecule has 25 heavy (non-hydrogen) atoms. The molecule has 0 saturated heterocycles. The van der Waals surface area contributed by atoms with Crippen LogP contribution in [0.3, 0.4) is 0 Å². The van der Waals surface area contributed by atoms with Gasteiger partial charge in [0.2, 0.25) is 0 Å². The van der Waals surface area contributed by atoms with E-state index in [1.807, 2.05) is 31.2 Å². The molecule has 2 rings (SSSR count). The summed E-state index contributed by atoms with van der Waals surface area (Å²) in [6.45, 7) is 5.93. The summed E-state index contributed by atoms with van der Waals surface area (Å²) in [5.74, 6) is 1.40. The largest absolute Gasteiger partial charge is 0.487 e. The zero-order valence-electron chi connectivity index (χ0n) is 14.4. The van der Waals surface area contributed by atoms with Crippen molar-refractivity contribution < 1.29 is 9.26 Å². The van der Waals surface area contributed by atoms with Crippen molar-refractivity contribution >= 4 is 41.5 Å². The lowest BCUT2D eigenvalue weighted by molar-refractivity contribution is 0.199. The first kappa shape index (κ1) is 21.6. The second-order valence-electron chi connectivity index (χ2n) is 5.15. The lowest BCUT2D eigenvalue weighted by Gasteiger charge is -2.20. The molecule has 1 unspecified atom stereocenters. The smallest absolute Gasteiger partial charge is 0.191 e. The van der Waals surface area contributed by atoms with Crippen LogP contribution in [0.5, 0.6) is 5.75 Å². The molecule has 0 fully saturated rings. The van der Waals surface area contributed by atoms with Crippen LogP contribution in [0.4, 0.5) is 0 Å². The highest BCUT2D eigenvalue weighted by atomic mass is 127. The molecule has 1 aromatic heterocycles. The molecule has 0 aliphatic carbocycles. The van der Waals surface area contributed by atoms with Gasteiger partial charge in [0.05, 0.1) is 18.1 Å². The van der Waals surface area contributed by atoms with Crippen LogP contribution in [-0.2, 0) is 6.54 Å². The van der Waals surface area contributed by atoms with E-state index in [-0.39, 0.29) is 30.1 Å². The van der Waals surface area contributed by atoms with Crippen molar-refractivity contribution in [2.45, 2.75) is 32.9 Å². The van der Waals surface area contributed by atoms with Gasteiger partial charge in [-0.1, -0.05) is 35.8 Å². The summed E-state index contributed by atoms with van der Waals surface area (Å²) >= 11 is 6.15. The Balaban J connectivity index is 0.00000312. The monoisotopic (exact) mass is 478 g/mol. The van der Waals surface area contributed by atoms with Gasteiger partial charge in [-0.15, -0.1) is 24.0 Å². The number of para-hydroxylation sites is 1. The number of nitrogens with one attached hydrogen (secondary N) is 2. The highest BCUT2D eigenvalue weighted by molar-refractivity contribution is 14.0. The fourth-order valence-electron chi connectivity index (χ4n) is 2.02. The quantitative estimate of drug-likeness (QED) is 0.342. The Hall–Kier alpha value is -1.48. The summed E-state index contributed by atoms with van der Waals surface area (Å²) in [5, 5.41) is 10.9. The fraction of sp³-hybridized carbons (Fsp3) is 0.412. The normalized spacial score (nSPS) is 12.2. The van der Waals surface area contributed by atoms with Crippen molar-refractivity contribution in [2.75, 3.05) is 13.1 Å². The number of guanidine groups is 1. The van der Waals surface area contributed by atoms with Crippen LogP contribution < -0.4 is 15.4 Å². The molecule has 0 aliphatic rings. The van der Waals surface area contributed by atoms with Crippen LogP contribution in [0.1, 0.15) is 26.0 Å². The Kier molecular flexibility index (Phi) is 10.3. The fourth-order valence-corrected chi connectivity index (χ4v) is 2.20. The zero-order valence-corrected chi connectivity index (χ0v) is 17.5. The minimum atomic E-state index is -0.0131. The topological polar surface area (TPSA) is 71.7 Å². The summed E-state index contributed by atoms with van der Waals surface area (Å²) in [6, 6.07) is 9.27. The number of hydrogen-bond donors (Lipinski definition) is 2. The number of aromatic nitrogens is 1. The van der Waals surface area contributed by atoms with Gasteiger partial charge in [0.1, 0.15) is 23.8 Å². The van der Waals surface area contributed by atoms with Crippen molar-refractivity contribution in [3.8, 4) is 5.75 Å². The SMILES string of the molecule is CCNC(=NCc1ccon1)NCC(CC)Oc1ccccc1Cl.I. The minimum absolute atomic E-state index is 0. The molecule has 0 radical (unpaired) electrons. The summed E-state index contributed by atoms with van der Waals surface area (Å²) in [4.78, 5) is 4.48. The number of rotatable bonds is 8. The molecule has 6 nitrogen and oxygen atoms in total. The van der Waals surface area contributed by atoms with Crippen LogP contribution in [0, 0.1) is 0 Å². The van der Waals surface area contributed by atoms with Crippen molar-refractivity contribution in [2.24, 2.45) is 4.99 Å². The van der Waals surface area contributed by atoms with E-state index < -0.39 is 0 Å². The van der Waals surface area contributed by atoms with Crippen LogP contribution in [0.2, 0.25) is 5.02 Å². The van der Waals surface area contributed by atoms with E-state index in [9.17, 15) is 0 Å². The number of halogens is 2. The maximum absolute atomic E-state index is 6.15. The molecule has 0 spiro atoms. The average Bonchev–Trinajstić information content (AvgIpc) is 3.11. The molecule has 1 aromatic carbocycles. The van der Waals surface area contributed by atoms with Crippen LogP contribution in [-0.4, -0.2) is 30.3 Å². The Morgan fingerprint density at radius 2 is 2.08 bits per heavy atom. The molecule has 2 aromatic rings. The number of hydrogen-bond acceptors (Lipinski definition) is 4. The van der Waals surface area contributed by atoms with E-state index in [1.54, 1.807) is 6.07 Å². The number of aliphatic imine (C=N–C) groups is 1. The highest BCUT2D eigenvalue weighted by Gasteiger charge is 2.11. The van der Waals surface area contributed by atoms with E-state index in [1.165, 1.54) is 6.26 Å². The third-order valence-electron chi connectivity index (χ3n) is 3.32. The van der Waals surface area contributed by atoms with Gasteiger partial charge < -0.3 is 19.9 Å². The van der Waals surface area contributed by atoms with Crippen LogP contribution in [0.25, 0.3) is 0 Å². The molecule has 8 heteroatoms. The first-order chi connectivity index (χ1) is 11.7. The number of nitrogens with zero attached hydrogens (tertiary/aromatic N) is 2. The predicted molar refractivity (Wildman–Crippen MR) is 111 cm³/mol. The summed E-state index contributed by atoms with van der Waals surface area (Å²) in [5.41, 5.74) is 0.784. The zero-order chi connectivity index (χ0) is 17.2. The molecule has 0 saturated carbocycles. The molecule has 138 valence electrons. The summed E-state index contributed by atoms with van der Waals surface area (Å²) in [7, 11) is 0. The Morgan fingerprint density at radius 3 is 2.72 bits per heavy atom. The van der Waals surface area contributed by atoms with E-state index in [0.717, 1.165) is 18.7 Å². The third-order valence-corrected chi connectivity index (χ3v) is 3.63. The first-order valence-corrected chi connectivity index (χ1v) is 8.43. The Morgan fingerprint density at radius 1 is 1.28 bits per heavy atom. The molecular formula is C17H24ClIN4O2. The molecule has 1 atom stereocenters. The third kappa shape index (κ3) is 7.52. The summed E-state index contributed by atoms with van der Waals surface area (Å²) < 4.78 is 10.8. The van der Waals surface area contributed by atoms with Gasteiger partial charge in [-0.3, -0.25) is 0 Å². The maximum atomic E-state index is 6.15. The lowest BCUT2D eigenvalue weighted by Crippen LogP contribution is -2.42. The van der Waals surface area contributed by atoms with Gasteiger partial charge >= 0.3 is 0 Å². The standard InChI is InChI=1S/C17H23ClN4O2.HI/c1-3-14(24-16-8-6-5-7-15(16)18)12-21-17(19-4-2)20-11-13-9-10-23-22-13;/h5-10,14H,3-4,11-12H2,1-2H3,(H2,19,20,21);1H. The highest BCUT2D eigenvalue weighted by Crippen LogP contribution is 2.24. The Bertz CT molecular complexity index is 637. The number of ether oxygens (including phenoxy) is 1. The molecule has 0 bridgehead atoms. The first-order valence-electron chi connectivity index (χ1n) is 8.05. The minimum Gasteiger partial charge on any atom is -0.487 e. The van der Waals surface area contributed by atoms with Gasteiger partial charge in [-0.2, -0.15) is 0 Å². The van der Waals surface area contributed by atoms with Gasteiger partial charge in [0, 0.05) is 12.6 Å². The van der Waals surface area contributed by atoms with Crippen molar-refractivity contribution in [1.29, 1.82) is 0 Å². The van der Waals surface area contributed by atoms with Crippen molar-refractivity contribution in [3.05, 3.63) is 47.3 Å². The van der Waals surface area contributed by atoms with Crippen LogP contribution in [0.15, 0.2) is 46.1 Å². The Labute approximate surface area is 170 Å². The average molecular weight is 479 g/mol. The van der Waals surface area contributed by atoms with E-state index >= 15 is 0 Å². The molecule has 2 N–H and O–H groups in total. The number of benzene rings is 1. The molecule has 0 amide bonds. The predicted octanol–water partition coefficient (Wildman–Crippen LogP) is 3.86. The second-order valence-corrected chi connectivity index (χ2v) is 5.55. The lowest BCUT2D eigenvalue weighted by atomic mass is 10.2.